The van der Waals surface area contributed by atoms with Gasteiger partial charge in [0.15, 0.2) is 0 Å². The van der Waals surface area contributed by atoms with E-state index in [4.69, 9.17) is 0 Å². The van der Waals surface area contributed by atoms with Crippen molar-refractivity contribution in [2.24, 2.45) is 0 Å². The number of rotatable bonds is 6. The highest BCUT2D eigenvalue weighted by Crippen LogP contribution is 2.26. The first-order chi connectivity index (χ1) is 13.2. The normalized spacial score (nSPS) is 14.7. The van der Waals surface area contributed by atoms with Crippen molar-refractivity contribution in [2.75, 3.05) is 17.3 Å². The number of amides is 3. The molecule has 0 saturated carbocycles. The van der Waals surface area contributed by atoms with Crippen molar-refractivity contribution in [3.8, 4) is 0 Å². The van der Waals surface area contributed by atoms with Gasteiger partial charge < -0.3 is 5.32 Å². The number of halogens is 1. The average Bonchev–Trinajstić information content (AvgIpc) is 2.88. The van der Waals surface area contributed by atoms with Crippen molar-refractivity contribution in [1.29, 1.82) is 0 Å². The SMILES string of the molecule is CS(=O)(=O)CC[C@H](C(=O)Nc1ccc(F)cc1)N1C(=O)c2ccccc2C1=O. The Hall–Kier alpha value is -3.07. The molecule has 0 saturated heterocycles. The molecule has 0 spiro atoms. The van der Waals surface area contributed by atoms with E-state index in [1.807, 2.05) is 0 Å². The van der Waals surface area contributed by atoms with E-state index < -0.39 is 39.4 Å². The van der Waals surface area contributed by atoms with E-state index in [1.165, 1.54) is 24.3 Å². The van der Waals surface area contributed by atoms with Crippen LogP contribution in [0, 0.1) is 5.82 Å². The quantitative estimate of drug-likeness (QED) is 0.741. The van der Waals surface area contributed by atoms with Crippen LogP contribution in [0.25, 0.3) is 0 Å². The molecule has 0 aromatic heterocycles. The van der Waals surface area contributed by atoms with Crippen LogP contribution in [0.4, 0.5) is 10.1 Å². The Bertz CT molecular complexity index is 1020. The van der Waals surface area contributed by atoms with E-state index in [1.54, 1.807) is 12.1 Å². The summed E-state index contributed by atoms with van der Waals surface area (Å²) in [5.74, 6) is -2.93. The number of carbonyl (C=O) groups is 3. The lowest BCUT2D eigenvalue weighted by molar-refractivity contribution is -0.120. The Labute approximate surface area is 161 Å². The minimum absolute atomic E-state index is 0.159. The van der Waals surface area contributed by atoms with E-state index in [0.717, 1.165) is 23.3 Å². The topological polar surface area (TPSA) is 101 Å². The average molecular weight is 404 g/mol. The van der Waals surface area contributed by atoms with Gasteiger partial charge in [-0.25, -0.2) is 12.8 Å². The first kappa shape index (κ1) is 19.7. The highest BCUT2D eigenvalue weighted by molar-refractivity contribution is 7.90. The van der Waals surface area contributed by atoms with Crippen LogP contribution in [0.3, 0.4) is 0 Å². The molecule has 28 heavy (non-hydrogen) atoms. The smallest absolute Gasteiger partial charge is 0.262 e. The summed E-state index contributed by atoms with van der Waals surface area (Å²) in [6.07, 6.45) is 0.752. The van der Waals surface area contributed by atoms with Crippen molar-refractivity contribution in [2.45, 2.75) is 12.5 Å². The summed E-state index contributed by atoms with van der Waals surface area (Å²) >= 11 is 0. The standard InChI is InChI=1S/C19H17FN2O5S/c1-28(26,27)11-10-16(17(23)21-13-8-6-12(20)7-9-13)22-18(24)14-4-2-3-5-15(14)19(22)25/h2-9,16H,10-11H2,1H3,(H,21,23)/t16-/m1/s1. The Morgan fingerprint density at radius 1 is 1.04 bits per heavy atom. The van der Waals surface area contributed by atoms with Gasteiger partial charge in [0.1, 0.15) is 21.7 Å². The molecule has 1 heterocycles. The Balaban J connectivity index is 1.91. The van der Waals surface area contributed by atoms with Crippen LogP contribution in [0.2, 0.25) is 0 Å². The lowest BCUT2D eigenvalue weighted by Crippen LogP contribution is -2.48. The summed E-state index contributed by atoms with van der Waals surface area (Å²) in [4.78, 5) is 39.0. The highest BCUT2D eigenvalue weighted by atomic mass is 32.2. The first-order valence-electron chi connectivity index (χ1n) is 8.38. The van der Waals surface area contributed by atoms with Crippen LogP contribution in [0.1, 0.15) is 27.1 Å². The maximum atomic E-state index is 13.1. The molecule has 0 radical (unpaired) electrons. The Kier molecular flexibility index (Phi) is 5.28. The minimum atomic E-state index is -3.44. The van der Waals surface area contributed by atoms with Crippen molar-refractivity contribution >= 4 is 33.2 Å². The van der Waals surface area contributed by atoms with E-state index in [2.05, 4.69) is 5.32 Å². The first-order valence-corrected chi connectivity index (χ1v) is 10.4. The summed E-state index contributed by atoms with van der Waals surface area (Å²) in [5.41, 5.74) is 0.574. The van der Waals surface area contributed by atoms with Gasteiger partial charge in [-0.1, -0.05) is 12.1 Å². The molecular formula is C19H17FN2O5S. The fraction of sp³-hybridized carbons (Fsp3) is 0.211. The van der Waals surface area contributed by atoms with Crippen molar-refractivity contribution in [3.63, 3.8) is 0 Å². The zero-order valence-electron chi connectivity index (χ0n) is 14.9. The third-order valence-electron chi connectivity index (χ3n) is 4.31. The van der Waals surface area contributed by atoms with Gasteiger partial charge in [-0.2, -0.15) is 0 Å². The predicted octanol–water partition coefficient (Wildman–Crippen LogP) is 1.86. The lowest BCUT2D eigenvalue weighted by atomic mass is 10.1. The number of fused-ring (bicyclic) bond motifs is 1. The van der Waals surface area contributed by atoms with Gasteiger partial charge in [0.2, 0.25) is 5.91 Å². The number of benzene rings is 2. The van der Waals surface area contributed by atoms with Gasteiger partial charge in [0.05, 0.1) is 16.9 Å². The van der Waals surface area contributed by atoms with Gasteiger partial charge in [-0.15, -0.1) is 0 Å². The van der Waals surface area contributed by atoms with Crippen LogP contribution < -0.4 is 5.32 Å². The zero-order chi connectivity index (χ0) is 20.5. The number of anilines is 1. The van der Waals surface area contributed by atoms with Gasteiger partial charge in [0, 0.05) is 11.9 Å². The number of nitrogens with zero attached hydrogens (tertiary/aromatic N) is 1. The summed E-state index contributed by atoms with van der Waals surface area (Å²) in [5, 5.41) is 2.50. The molecule has 9 heteroatoms. The van der Waals surface area contributed by atoms with Crippen LogP contribution in [0.5, 0.6) is 0 Å². The zero-order valence-corrected chi connectivity index (χ0v) is 15.7. The van der Waals surface area contributed by atoms with E-state index in [-0.39, 0.29) is 29.0 Å². The molecule has 7 nitrogen and oxygen atoms in total. The van der Waals surface area contributed by atoms with Gasteiger partial charge >= 0.3 is 0 Å². The van der Waals surface area contributed by atoms with E-state index in [0.29, 0.717) is 0 Å². The molecule has 146 valence electrons. The lowest BCUT2D eigenvalue weighted by Gasteiger charge is -2.25. The van der Waals surface area contributed by atoms with Gasteiger partial charge in [-0.3, -0.25) is 19.3 Å². The van der Waals surface area contributed by atoms with Crippen LogP contribution in [-0.4, -0.2) is 49.1 Å². The molecule has 3 amide bonds. The molecule has 1 N–H and O–H groups in total. The third-order valence-corrected chi connectivity index (χ3v) is 5.29. The van der Waals surface area contributed by atoms with Crippen LogP contribution in [0.15, 0.2) is 48.5 Å². The molecule has 2 aromatic rings. The summed E-state index contributed by atoms with van der Waals surface area (Å²) < 4.78 is 36.2. The molecule has 0 aliphatic carbocycles. The number of imide groups is 1. The summed E-state index contributed by atoms with van der Waals surface area (Å²) in [6.45, 7) is 0. The monoisotopic (exact) mass is 404 g/mol. The molecular weight excluding hydrogens is 387 g/mol. The van der Waals surface area contributed by atoms with Gasteiger partial charge in [-0.05, 0) is 42.8 Å². The van der Waals surface area contributed by atoms with Crippen LogP contribution in [-0.2, 0) is 14.6 Å². The van der Waals surface area contributed by atoms with Crippen molar-refractivity contribution in [3.05, 3.63) is 65.5 Å². The largest absolute Gasteiger partial charge is 0.324 e. The fourth-order valence-corrected chi connectivity index (χ4v) is 3.60. The molecule has 1 aliphatic rings. The molecule has 1 aliphatic heterocycles. The number of carbonyl (C=O) groups excluding carboxylic acids is 3. The maximum Gasteiger partial charge on any atom is 0.262 e. The third kappa shape index (κ3) is 4.09. The van der Waals surface area contributed by atoms with Crippen molar-refractivity contribution in [1.82, 2.24) is 4.90 Å². The number of sulfone groups is 1. The highest BCUT2D eigenvalue weighted by Gasteiger charge is 2.42. The maximum absolute atomic E-state index is 13.1. The number of nitrogens with one attached hydrogen (secondary N) is 1. The summed E-state index contributed by atoms with van der Waals surface area (Å²) in [6, 6.07) is 9.74. The Morgan fingerprint density at radius 3 is 2.07 bits per heavy atom. The molecule has 0 bridgehead atoms. The van der Waals surface area contributed by atoms with Crippen LogP contribution >= 0.6 is 0 Å². The Morgan fingerprint density at radius 2 is 1.57 bits per heavy atom. The molecule has 0 unspecified atom stereocenters. The summed E-state index contributed by atoms with van der Waals surface area (Å²) in [7, 11) is -3.44. The fourth-order valence-electron chi connectivity index (χ4n) is 2.95. The molecule has 2 aromatic carbocycles. The second-order valence-electron chi connectivity index (χ2n) is 6.46. The second-order valence-corrected chi connectivity index (χ2v) is 8.72. The minimum Gasteiger partial charge on any atom is -0.324 e. The van der Waals surface area contributed by atoms with Gasteiger partial charge in [0.25, 0.3) is 11.8 Å². The molecule has 0 fully saturated rings. The van der Waals surface area contributed by atoms with E-state index in [9.17, 15) is 27.2 Å². The van der Waals surface area contributed by atoms with E-state index >= 15 is 0 Å². The number of hydrogen-bond acceptors (Lipinski definition) is 5. The second kappa shape index (κ2) is 7.51. The number of hydrogen-bond donors (Lipinski definition) is 1. The molecule has 1 atom stereocenters. The van der Waals surface area contributed by atoms with Crippen molar-refractivity contribution < 1.29 is 27.2 Å². The molecule has 3 rings (SSSR count). The predicted molar refractivity (Wildman–Crippen MR) is 100 cm³/mol.